The van der Waals surface area contributed by atoms with Crippen LogP contribution in [0.2, 0.25) is 0 Å². The highest BCUT2D eigenvalue weighted by molar-refractivity contribution is 5.36. The zero-order valence-corrected chi connectivity index (χ0v) is 15.9. The van der Waals surface area contributed by atoms with Gasteiger partial charge in [-0.1, -0.05) is 0 Å². The number of ether oxygens (including phenoxy) is 2. The number of nitrogens with zero attached hydrogens (tertiary/aromatic N) is 4. The molecule has 1 heterocycles. The third-order valence-corrected chi connectivity index (χ3v) is 3.71. The zero-order valence-electron chi connectivity index (χ0n) is 15.9. The molecule has 1 aromatic heterocycles. The molecule has 176 valence electrons. The van der Waals surface area contributed by atoms with Gasteiger partial charge in [0.25, 0.3) is 0 Å². The van der Waals surface area contributed by atoms with Crippen molar-refractivity contribution >= 4 is 5.95 Å². The number of hydrogen-bond acceptors (Lipinski definition) is 6. The van der Waals surface area contributed by atoms with Gasteiger partial charge in [0.2, 0.25) is 75.6 Å². The normalized spacial score (nSPS) is 11.0. The number of hydrogen-bond donors (Lipinski definition) is 0. The first-order valence-electron chi connectivity index (χ1n) is 8.17. The maximum absolute atomic E-state index is 13.9. The van der Waals surface area contributed by atoms with Crippen LogP contribution in [-0.4, -0.2) is 29.0 Å². The minimum Gasteiger partial charge on any atom is -0.418 e. The first kappa shape index (κ1) is 23.8. The van der Waals surface area contributed by atoms with E-state index in [1.807, 2.05) is 0 Å². The molecule has 0 amide bonds. The highest BCUT2D eigenvalue weighted by Gasteiger charge is 2.30. The monoisotopic (exact) mass is 488 g/mol. The van der Waals surface area contributed by atoms with Crippen LogP contribution in [0.4, 0.5) is 49.9 Å². The van der Waals surface area contributed by atoms with Crippen LogP contribution >= 0.6 is 0 Å². The van der Waals surface area contributed by atoms with Crippen LogP contribution in [-0.2, 0) is 0 Å². The zero-order chi connectivity index (χ0) is 24.8. The lowest BCUT2D eigenvalue weighted by Crippen LogP contribution is -2.15. The fraction of sp³-hybridized carbons (Fsp3) is 0.118. The molecule has 2 aromatic carbocycles. The van der Waals surface area contributed by atoms with Crippen molar-refractivity contribution in [3.05, 3.63) is 58.2 Å². The molecule has 6 nitrogen and oxygen atoms in total. The Morgan fingerprint density at radius 2 is 0.727 bits per heavy atom. The Labute approximate surface area is 176 Å². The molecule has 0 bridgehead atoms. The molecule has 0 radical (unpaired) electrons. The predicted octanol–water partition coefficient (Wildman–Crippen LogP) is 4.91. The quantitative estimate of drug-likeness (QED) is 0.289. The molecule has 0 saturated carbocycles. The van der Waals surface area contributed by atoms with Crippen LogP contribution in [0.15, 0.2) is 0 Å². The van der Waals surface area contributed by atoms with Crippen molar-refractivity contribution < 1.29 is 53.4 Å². The number of benzene rings is 2. The summed E-state index contributed by atoms with van der Waals surface area (Å²) >= 11 is 0. The number of anilines is 1. The Balaban J connectivity index is 2.12. The summed E-state index contributed by atoms with van der Waals surface area (Å²) < 4.78 is 144. The van der Waals surface area contributed by atoms with Gasteiger partial charge in [-0.05, 0) is 0 Å². The van der Waals surface area contributed by atoms with Crippen molar-refractivity contribution in [1.29, 1.82) is 0 Å². The second-order valence-corrected chi connectivity index (χ2v) is 6.10. The second kappa shape index (κ2) is 8.59. The maximum atomic E-state index is 13.9. The average molecular weight is 488 g/mol. The van der Waals surface area contributed by atoms with E-state index in [0.717, 1.165) is 4.90 Å². The lowest BCUT2D eigenvalue weighted by molar-refractivity contribution is 0.307. The van der Waals surface area contributed by atoms with E-state index in [4.69, 9.17) is 0 Å². The van der Waals surface area contributed by atoms with E-state index in [1.165, 1.54) is 14.1 Å². The molecule has 3 rings (SSSR count). The third kappa shape index (κ3) is 4.14. The average Bonchev–Trinajstić information content (AvgIpc) is 2.79. The van der Waals surface area contributed by atoms with Crippen molar-refractivity contribution in [2.24, 2.45) is 0 Å². The molecule has 0 aliphatic heterocycles. The summed E-state index contributed by atoms with van der Waals surface area (Å²) in [5, 5.41) is 0. The number of rotatable bonds is 5. The van der Waals surface area contributed by atoms with Gasteiger partial charge in [-0.2, -0.15) is 27.5 Å². The van der Waals surface area contributed by atoms with Gasteiger partial charge in [0.05, 0.1) is 0 Å². The van der Waals surface area contributed by atoms with Gasteiger partial charge < -0.3 is 14.4 Å². The van der Waals surface area contributed by atoms with Crippen LogP contribution in [0.25, 0.3) is 0 Å². The summed E-state index contributed by atoms with van der Waals surface area (Å²) in [5.41, 5.74) is 0. The summed E-state index contributed by atoms with van der Waals surface area (Å²) in [4.78, 5) is 11.1. The van der Waals surface area contributed by atoms with E-state index in [-0.39, 0.29) is 0 Å². The molecule has 0 fully saturated rings. The number of aromatic nitrogens is 3. The lowest BCUT2D eigenvalue weighted by atomic mass is 10.2. The molecule has 0 aliphatic rings. The third-order valence-electron chi connectivity index (χ3n) is 3.71. The van der Waals surface area contributed by atoms with E-state index in [1.54, 1.807) is 0 Å². The minimum absolute atomic E-state index is 0.539. The second-order valence-electron chi connectivity index (χ2n) is 6.10. The summed E-state index contributed by atoms with van der Waals surface area (Å²) in [5.74, 6) is -28.4. The summed E-state index contributed by atoms with van der Waals surface area (Å²) in [6.07, 6.45) is 0. The number of halogens is 10. The molecule has 16 heteroatoms. The highest BCUT2D eigenvalue weighted by Crippen LogP contribution is 2.34. The fourth-order valence-corrected chi connectivity index (χ4v) is 2.15. The topological polar surface area (TPSA) is 60.4 Å². The van der Waals surface area contributed by atoms with E-state index in [9.17, 15) is 43.9 Å². The maximum Gasteiger partial charge on any atom is 0.330 e. The van der Waals surface area contributed by atoms with Gasteiger partial charge >= 0.3 is 12.0 Å². The van der Waals surface area contributed by atoms with Crippen molar-refractivity contribution in [3.63, 3.8) is 0 Å². The lowest BCUT2D eigenvalue weighted by Gasteiger charge is -2.14. The molecular weight excluding hydrogens is 482 g/mol. The van der Waals surface area contributed by atoms with Crippen molar-refractivity contribution in [2.45, 2.75) is 0 Å². The molecule has 0 aliphatic carbocycles. The fourth-order valence-electron chi connectivity index (χ4n) is 2.15. The Morgan fingerprint density at radius 1 is 0.455 bits per heavy atom. The van der Waals surface area contributed by atoms with Crippen LogP contribution in [0.3, 0.4) is 0 Å². The van der Waals surface area contributed by atoms with Crippen molar-refractivity contribution in [1.82, 2.24) is 15.0 Å². The first-order valence-corrected chi connectivity index (χ1v) is 8.17. The Hall–Kier alpha value is -3.85. The minimum atomic E-state index is -2.49. The van der Waals surface area contributed by atoms with Crippen molar-refractivity contribution in [3.8, 4) is 23.5 Å². The van der Waals surface area contributed by atoms with Gasteiger partial charge in [0, 0.05) is 14.1 Å². The van der Waals surface area contributed by atoms with Crippen LogP contribution in [0.1, 0.15) is 0 Å². The Bertz CT molecular complexity index is 1120. The van der Waals surface area contributed by atoms with Gasteiger partial charge in [-0.25, -0.2) is 26.3 Å². The molecule has 0 spiro atoms. The van der Waals surface area contributed by atoms with E-state index in [0.29, 0.717) is 0 Å². The molecule has 0 N–H and O–H groups in total. The Kier molecular flexibility index (Phi) is 6.20. The predicted molar refractivity (Wildman–Crippen MR) is 86.8 cm³/mol. The van der Waals surface area contributed by atoms with Gasteiger partial charge in [0.15, 0.2) is 0 Å². The van der Waals surface area contributed by atoms with E-state index >= 15 is 0 Å². The van der Waals surface area contributed by atoms with Gasteiger partial charge in [-0.3, -0.25) is 0 Å². The van der Waals surface area contributed by atoms with Gasteiger partial charge in [-0.15, -0.1) is 4.98 Å². The first-order chi connectivity index (χ1) is 15.3. The SMILES string of the molecule is CN(C)c1nc(Oc2c(F)c(F)c(F)c(F)c2F)nc(Oc2c(F)c(F)c(F)c(F)c2F)n1. The smallest absolute Gasteiger partial charge is 0.330 e. The van der Waals surface area contributed by atoms with E-state index < -0.39 is 87.6 Å². The molecule has 0 atom stereocenters. The molecule has 3 aromatic rings. The van der Waals surface area contributed by atoms with E-state index in [2.05, 4.69) is 24.4 Å². The molecule has 33 heavy (non-hydrogen) atoms. The van der Waals surface area contributed by atoms with Crippen LogP contribution < -0.4 is 14.4 Å². The standard InChI is InChI=1S/C17H6F10N4O2/c1-31(2)15-28-16(32-13-9(24)5(20)3(18)6(21)10(13)25)30-17(29-15)33-14-11(26)7(22)4(19)8(23)12(14)27/h1-2H3. The summed E-state index contributed by atoms with van der Waals surface area (Å²) in [6.45, 7) is 0. The van der Waals surface area contributed by atoms with Crippen LogP contribution in [0, 0.1) is 58.2 Å². The Morgan fingerprint density at radius 3 is 1.00 bits per heavy atom. The summed E-state index contributed by atoms with van der Waals surface area (Å²) in [6, 6.07) is -2.45. The molecule has 0 unspecified atom stereocenters. The summed E-state index contributed by atoms with van der Waals surface area (Å²) in [7, 11) is 2.50. The van der Waals surface area contributed by atoms with Gasteiger partial charge in [0.1, 0.15) is 0 Å². The largest absolute Gasteiger partial charge is 0.418 e. The van der Waals surface area contributed by atoms with Crippen LogP contribution in [0.5, 0.6) is 23.5 Å². The molecular formula is C17H6F10N4O2. The van der Waals surface area contributed by atoms with Crippen molar-refractivity contribution in [2.75, 3.05) is 19.0 Å². The molecule has 0 saturated heterocycles. The highest BCUT2D eigenvalue weighted by atomic mass is 19.2.